The normalized spacial score (nSPS) is 10.4. The summed E-state index contributed by atoms with van der Waals surface area (Å²) in [6.45, 7) is 5.82. The van der Waals surface area contributed by atoms with Crippen LogP contribution in [0.2, 0.25) is 0 Å². The molecule has 1 aromatic heterocycles. The molecular formula is C16H21N3O2. The van der Waals surface area contributed by atoms with Gasteiger partial charge in [0.25, 0.3) is 0 Å². The maximum Gasteiger partial charge on any atom is 0.239 e. The van der Waals surface area contributed by atoms with Crippen LogP contribution in [0.3, 0.4) is 0 Å². The Morgan fingerprint density at radius 3 is 2.62 bits per heavy atom. The van der Waals surface area contributed by atoms with E-state index in [4.69, 9.17) is 9.47 Å². The van der Waals surface area contributed by atoms with E-state index in [9.17, 15) is 0 Å². The number of ether oxygens (including phenoxy) is 2. The fourth-order valence-electron chi connectivity index (χ4n) is 1.86. The van der Waals surface area contributed by atoms with Gasteiger partial charge in [0, 0.05) is 12.6 Å². The smallest absolute Gasteiger partial charge is 0.239 e. The molecule has 112 valence electrons. The molecule has 0 atom stereocenters. The van der Waals surface area contributed by atoms with Crippen molar-refractivity contribution < 1.29 is 9.47 Å². The Morgan fingerprint density at radius 2 is 1.95 bits per heavy atom. The minimum Gasteiger partial charge on any atom is -0.493 e. The third-order valence-corrected chi connectivity index (χ3v) is 2.96. The van der Waals surface area contributed by atoms with Crippen LogP contribution < -0.4 is 14.8 Å². The van der Waals surface area contributed by atoms with Gasteiger partial charge in [-0.3, -0.25) is 0 Å². The number of benzene rings is 1. The highest BCUT2D eigenvalue weighted by Gasteiger charge is 2.07. The van der Waals surface area contributed by atoms with Crippen LogP contribution >= 0.6 is 0 Å². The zero-order valence-electron chi connectivity index (χ0n) is 12.7. The molecule has 5 nitrogen and oxygen atoms in total. The summed E-state index contributed by atoms with van der Waals surface area (Å²) in [6.07, 6.45) is 1.10. The SMILES string of the molecule is CCCNCc1ccc(Oc2ccc(C)cc2OC)nn1. The Kier molecular flexibility index (Phi) is 5.51. The van der Waals surface area contributed by atoms with Crippen LogP contribution in [0.15, 0.2) is 30.3 Å². The monoisotopic (exact) mass is 287 g/mol. The summed E-state index contributed by atoms with van der Waals surface area (Å²) in [5.74, 6) is 1.77. The number of rotatable bonds is 7. The lowest BCUT2D eigenvalue weighted by molar-refractivity contribution is 0.371. The van der Waals surface area contributed by atoms with Crippen LogP contribution in [-0.2, 0) is 6.54 Å². The van der Waals surface area contributed by atoms with Gasteiger partial charge in [0.1, 0.15) is 0 Å². The molecule has 0 fully saturated rings. The maximum atomic E-state index is 5.72. The zero-order chi connectivity index (χ0) is 15.1. The fraction of sp³-hybridized carbons (Fsp3) is 0.375. The lowest BCUT2D eigenvalue weighted by Crippen LogP contribution is -2.15. The molecule has 0 bridgehead atoms. The second-order valence-corrected chi connectivity index (χ2v) is 4.80. The number of nitrogens with one attached hydrogen (secondary N) is 1. The van der Waals surface area contributed by atoms with Gasteiger partial charge in [-0.05, 0) is 43.7 Å². The van der Waals surface area contributed by atoms with Gasteiger partial charge < -0.3 is 14.8 Å². The predicted molar refractivity (Wildman–Crippen MR) is 81.8 cm³/mol. The molecule has 0 saturated heterocycles. The average Bonchev–Trinajstić information content (AvgIpc) is 2.51. The molecule has 2 rings (SSSR count). The first-order valence-corrected chi connectivity index (χ1v) is 7.08. The Hall–Kier alpha value is -2.14. The van der Waals surface area contributed by atoms with E-state index in [1.165, 1.54) is 0 Å². The molecule has 2 aromatic rings. The fourth-order valence-corrected chi connectivity index (χ4v) is 1.86. The van der Waals surface area contributed by atoms with Crippen molar-refractivity contribution in [3.63, 3.8) is 0 Å². The van der Waals surface area contributed by atoms with Crippen molar-refractivity contribution in [3.8, 4) is 17.4 Å². The minimum atomic E-state index is 0.455. The topological polar surface area (TPSA) is 56.3 Å². The van der Waals surface area contributed by atoms with Gasteiger partial charge in [-0.15, -0.1) is 5.10 Å². The molecule has 1 heterocycles. The standard InChI is InChI=1S/C16H21N3O2/c1-4-9-17-11-13-6-8-16(19-18-13)21-14-7-5-12(2)10-15(14)20-3/h5-8,10,17H,4,9,11H2,1-3H3. The van der Waals surface area contributed by atoms with Crippen molar-refractivity contribution in [2.24, 2.45) is 0 Å². The summed E-state index contributed by atoms with van der Waals surface area (Å²) in [5.41, 5.74) is 2.01. The molecule has 21 heavy (non-hydrogen) atoms. The van der Waals surface area contributed by atoms with Crippen LogP contribution in [0.4, 0.5) is 0 Å². The average molecular weight is 287 g/mol. The molecule has 1 aromatic carbocycles. The summed E-state index contributed by atoms with van der Waals surface area (Å²) in [4.78, 5) is 0. The van der Waals surface area contributed by atoms with E-state index in [2.05, 4.69) is 22.4 Å². The van der Waals surface area contributed by atoms with Gasteiger partial charge in [-0.1, -0.05) is 13.0 Å². The van der Waals surface area contributed by atoms with Gasteiger partial charge >= 0.3 is 0 Å². The highest BCUT2D eigenvalue weighted by molar-refractivity contribution is 5.44. The van der Waals surface area contributed by atoms with E-state index in [0.29, 0.717) is 17.4 Å². The van der Waals surface area contributed by atoms with Crippen LogP contribution in [0, 0.1) is 6.92 Å². The van der Waals surface area contributed by atoms with Crippen molar-refractivity contribution in [2.75, 3.05) is 13.7 Å². The summed E-state index contributed by atoms with van der Waals surface area (Å²) < 4.78 is 11.0. The van der Waals surface area contributed by atoms with Gasteiger partial charge in [-0.25, -0.2) is 0 Å². The van der Waals surface area contributed by atoms with E-state index in [-0.39, 0.29) is 0 Å². The molecule has 0 amide bonds. The highest BCUT2D eigenvalue weighted by atomic mass is 16.5. The van der Waals surface area contributed by atoms with Crippen molar-refractivity contribution in [1.29, 1.82) is 0 Å². The minimum absolute atomic E-state index is 0.455. The molecule has 0 unspecified atom stereocenters. The lowest BCUT2D eigenvalue weighted by atomic mass is 10.2. The third kappa shape index (κ3) is 4.43. The largest absolute Gasteiger partial charge is 0.493 e. The van der Waals surface area contributed by atoms with Crippen molar-refractivity contribution in [1.82, 2.24) is 15.5 Å². The number of hydrogen-bond acceptors (Lipinski definition) is 5. The summed E-state index contributed by atoms with van der Waals surface area (Å²) in [7, 11) is 1.62. The highest BCUT2D eigenvalue weighted by Crippen LogP contribution is 2.31. The first kappa shape index (κ1) is 15.3. The number of aryl methyl sites for hydroxylation is 1. The van der Waals surface area contributed by atoms with Crippen LogP contribution in [0.25, 0.3) is 0 Å². The van der Waals surface area contributed by atoms with Gasteiger partial charge in [0.05, 0.1) is 12.8 Å². The lowest BCUT2D eigenvalue weighted by Gasteiger charge is -2.10. The molecule has 5 heteroatoms. The second-order valence-electron chi connectivity index (χ2n) is 4.80. The summed E-state index contributed by atoms with van der Waals surface area (Å²) >= 11 is 0. The maximum absolute atomic E-state index is 5.72. The molecule has 0 radical (unpaired) electrons. The van der Waals surface area contributed by atoms with Crippen LogP contribution in [-0.4, -0.2) is 23.9 Å². The predicted octanol–water partition coefficient (Wildman–Crippen LogP) is 3.09. The quantitative estimate of drug-likeness (QED) is 0.793. The van der Waals surface area contributed by atoms with E-state index < -0.39 is 0 Å². The molecule has 1 N–H and O–H groups in total. The number of methoxy groups -OCH3 is 1. The van der Waals surface area contributed by atoms with Gasteiger partial charge in [0.15, 0.2) is 11.5 Å². The van der Waals surface area contributed by atoms with E-state index in [0.717, 1.165) is 30.8 Å². The van der Waals surface area contributed by atoms with Gasteiger partial charge in [0.2, 0.25) is 5.88 Å². The van der Waals surface area contributed by atoms with E-state index >= 15 is 0 Å². The molecule has 0 aliphatic carbocycles. The van der Waals surface area contributed by atoms with Crippen molar-refractivity contribution >= 4 is 0 Å². The Balaban J connectivity index is 2.03. The van der Waals surface area contributed by atoms with Crippen LogP contribution in [0.5, 0.6) is 17.4 Å². The van der Waals surface area contributed by atoms with Crippen molar-refractivity contribution in [3.05, 3.63) is 41.6 Å². The summed E-state index contributed by atoms with van der Waals surface area (Å²) in [5, 5.41) is 11.5. The van der Waals surface area contributed by atoms with E-state index in [1.54, 1.807) is 7.11 Å². The second kappa shape index (κ2) is 7.59. The summed E-state index contributed by atoms with van der Waals surface area (Å²) in [6, 6.07) is 9.48. The first-order valence-electron chi connectivity index (χ1n) is 7.08. The molecule has 0 spiro atoms. The molecule has 0 saturated carbocycles. The molecule has 0 aliphatic rings. The first-order chi connectivity index (χ1) is 10.2. The Labute approximate surface area is 125 Å². The third-order valence-electron chi connectivity index (χ3n) is 2.96. The van der Waals surface area contributed by atoms with Crippen LogP contribution in [0.1, 0.15) is 24.6 Å². The Bertz CT molecular complexity index is 570. The van der Waals surface area contributed by atoms with E-state index in [1.807, 2.05) is 37.3 Å². The number of nitrogens with zero attached hydrogens (tertiary/aromatic N) is 2. The zero-order valence-corrected chi connectivity index (χ0v) is 12.7. The molecule has 0 aliphatic heterocycles. The van der Waals surface area contributed by atoms with Gasteiger partial charge in [-0.2, -0.15) is 5.10 Å². The number of hydrogen-bond donors (Lipinski definition) is 1. The Morgan fingerprint density at radius 1 is 1.10 bits per heavy atom. The number of aromatic nitrogens is 2. The molecular weight excluding hydrogens is 266 g/mol. The van der Waals surface area contributed by atoms with Crippen molar-refractivity contribution in [2.45, 2.75) is 26.8 Å².